The van der Waals surface area contributed by atoms with Crippen LogP contribution in [0.3, 0.4) is 0 Å². The third kappa shape index (κ3) is 9.42. The van der Waals surface area contributed by atoms with Crippen molar-refractivity contribution in [1.29, 1.82) is 0 Å². The number of benzene rings is 2. The van der Waals surface area contributed by atoms with E-state index in [1.54, 1.807) is 0 Å². The lowest BCUT2D eigenvalue weighted by Gasteiger charge is -2.13. The maximum atomic E-state index is 11.9. The fraction of sp³-hybridized carbons (Fsp3) is 0.333. The molecule has 170 valence electrons. The van der Waals surface area contributed by atoms with Crippen LogP contribution in [-0.4, -0.2) is 36.7 Å². The van der Waals surface area contributed by atoms with Gasteiger partial charge in [-0.05, 0) is 29.9 Å². The Morgan fingerprint density at radius 3 is 1.59 bits per heavy atom. The van der Waals surface area contributed by atoms with E-state index in [0.717, 1.165) is 17.5 Å². The van der Waals surface area contributed by atoms with E-state index in [-0.39, 0.29) is 5.92 Å². The van der Waals surface area contributed by atoms with Gasteiger partial charge in [-0.15, -0.1) is 0 Å². The van der Waals surface area contributed by atoms with Gasteiger partial charge in [-0.3, -0.25) is 19.2 Å². The molecule has 1 unspecified atom stereocenters. The van der Waals surface area contributed by atoms with Crippen molar-refractivity contribution in [2.45, 2.75) is 32.9 Å². The summed E-state index contributed by atoms with van der Waals surface area (Å²) in [6.07, 6.45) is 1.37. The minimum atomic E-state index is -0.671. The third-order valence-corrected chi connectivity index (χ3v) is 4.77. The second-order valence-corrected chi connectivity index (χ2v) is 7.55. The maximum Gasteiger partial charge on any atom is 0.309 e. The first-order valence-electron chi connectivity index (χ1n) is 10.7. The molecule has 0 fully saturated rings. The largest absolute Gasteiger partial charge is 0.348 e. The standard InChI is InChI=1S/C24H30N4O4/c1-18(15-26-23(31)24(32)28-17-20-12-6-3-7-13-20)9-8-14-25-21(29)22(30)27-16-19-10-4-2-5-11-19/h2-7,10-13,18H,8-9,14-17H2,1H3,(H,25,29)(H,26,31)(H,27,30)(H,28,32). The lowest BCUT2D eigenvalue weighted by Crippen LogP contribution is -2.41. The van der Waals surface area contributed by atoms with Gasteiger partial charge in [-0.25, -0.2) is 0 Å². The van der Waals surface area contributed by atoms with Gasteiger partial charge in [-0.1, -0.05) is 67.6 Å². The van der Waals surface area contributed by atoms with Gasteiger partial charge < -0.3 is 21.3 Å². The van der Waals surface area contributed by atoms with Crippen LogP contribution < -0.4 is 21.3 Å². The van der Waals surface area contributed by atoms with Gasteiger partial charge in [0, 0.05) is 26.2 Å². The highest BCUT2D eigenvalue weighted by molar-refractivity contribution is 6.35. The molecule has 0 aromatic heterocycles. The maximum absolute atomic E-state index is 11.9. The predicted molar refractivity (Wildman–Crippen MR) is 121 cm³/mol. The van der Waals surface area contributed by atoms with Crippen LogP contribution in [0.2, 0.25) is 0 Å². The van der Waals surface area contributed by atoms with Crippen molar-refractivity contribution in [1.82, 2.24) is 21.3 Å². The molecular weight excluding hydrogens is 408 g/mol. The minimum absolute atomic E-state index is 0.115. The Morgan fingerprint density at radius 1 is 0.656 bits per heavy atom. The van der Waals surface area contributed by atoms with Crippen LogP contribution in [0, 0.1) is 5.92 Å². The molecule has 0 aliphatic carbocycles. The van der Waals surface area contributed by atoms with Crippen molar-refractivity contribution < 1.29 is 19.2 Å². The fourth-order valence-corrected chi connectivity index (χ4v) is 2.90. The van der Waals surface area contributed by atoms with E-state index in [4.69, 9.17) is 0 Å². The van der Waals surface area contributed by atoms with Crippen LogP contribution in [0.5, 0.6) is 0 Å². The first kappa shape index (κ1) is 24.6. The van der Waals surface area contributed by atoms with E-state index in [0.29, 0.717) is 32.6 Å². The smallest absolute Gasteiger partial charge is 0.309 e. The summed E-state index contributed by atoms with van der Waals surface area (Å²) < 4.78 is 0. The van der Waals surface area contributed by atoms with Crippen LogP contribution in [-0.2, 0) is 32.3 Å². The Bertz CT molecular complexity index is 887. The van der Waals surface area contributed by atoms with Crippen molar-refractivity contribution in [3.63, 3.8) is 0 Å². The number of carbonyl (C=O) groups is 4. The summed E-state index contributed by atoms with van der Waals surface area (Å²) in [6, 6.07) is 18.7. The SMILES string of the molecule is CC(CCCNC(=O)C(=O)NCc1ccccc1)CNC(=O)C(=O)NCc1ccccc1. The molecule has 32 heavy (non-hydrogen) atoms. The Balaban J connectivity index is 1.54. The number of amides is 4. The molecule has 0 heterocycles. The monoisotopic (exact) mass is 438 g/mol. The highest BCUT2D eigenvalue weighted by atomic mass is 16.2. The Kier molecular flexibility index (Phi) is 10.4. The van der Waals surface area contributed by atoms with Crippen LogP contribution in [0.1, 0.15) is 30.9 Å². The van der Waals surface area contributed by atoms with E-state index in [1.807, 2.05) is 67.6 Å². The molecule has 0 aliphatic heterocycles. The summed E-state index contributed by atoms with van der Waals surface area (Å²) in [4.78, 5) is 47.4. The molecule has 2 aromatic rings. The summed E-state index contributed by atoms with van der Waals surface area (Å²) in [5, 5.41) is 10.4. The topological polar surface area (TPSA) is 116 Å². The molecule has 0 saturated heterocycles. The van der Waals surface area contributed by atoms with Gasteiger partial charge in [0.15, 0.2) is 0 Å². The van der Waals surface area contributed by atoms with Gasteiger partial charge in [0.1, 0.15) is 0 Å². The summed E-state index contributed by atoms with van der Waals surface area (Å²) in [5.74, 6) is -2.57. The van der Waals surface area contributed by atoms with E-state index in [1.165, 1.54) is 0 Å². The second-order valence-electron chi connectivity index (χ2n) is 7.55. The molecule has 8 nitrogen and oxygen atoms in total. The van der Waals surface area contributed by atoms with Gasteiger partial charge in [-0.2, -0.15) is 0 Å². The molecule has 4 amide bonds. The van der Waals surface area contributed by atoms with Crippen LogP contribution in [0.15, 0.2) is 60.7 Å². The number of rotatable bonds is 10. The molecule has 4 N–H and O–H groups in total. The quantitative estimate of drug-likeness (QED) is 0.330. The number of carbonyl (C=O) groups excluding carboxylic acids is 4. The zero-order valence-electron chi connectivity index (χ0n) is 18.2. The van der Waals surface area contributed by atoms with Crippen molar-refractivity contribution >= 4 is 23.6 Å². The van der Waals surface area contributed by atoms with Crippen molar-refractivity contribution in [3.05, 3.63) is 71.8 Å². The third-order valence-electron chi connectivity index (χ3n) is 4.77. The first-order chi connectivity index (χ1) is 15.5. The Labute approximate surface area is 188 Å². The average molecular weight is 439 g/mol. The number of hydrogen-bond acceptors (Lipinski definition) is 4. The first-order valence-corrected chi connectivity index (χ1v) is 10.7. The van der Waals surface area contributed by atoms with Crippen LogP contribution in [0.4, 0.5) is 0 Å². The van der Waals surface area contributed by atoms with Crippen molar-refractivity contribution in [2.24, 2.45) is 5.92 Å². The van der Waals surface area contributed by atoms with Gasteiger partial charge in [0.25, 0.3) is 0 Å². The Hall–Kier alpha value is -3.68. The predicted octanol–water partition coefficient (Wildman–Crippen LogP) is 1.27. The van der Waals surface area contributed by atoms with E-state index >= 15 is 0 Å². The molecule has 2 aromatic carbocycles. The summed E-state index contributed by atoms with van der Waals surface area (Å²) in [7, 11) is 0. The van der Waals surface area contributed by atoms with E-state index in [2.05, 4.69) is 21.3 Å². The minimum Gasteiger partial charge on any atom is -0.348 e. The van der Waals surface area contributed by atoms with E-state index in [9.17, 15) is 19.2 Å². The molecule has 8 heteroatoms. The molecule has 0 bridgehead atoms. The summed E-state index contributed by atoms with van der Waals surface area (Å²) in [5.41, 5.74) is 1.83. The molecule has 0 radical (unpaired) electrons. The Morgan fingerprint density at radius 2 is 1.09 bits per heavy atom. The van der Waals surface area contributed by atoms with Crippen molar-refractivity contribution in [3.8, 4) is 0 Å². The molecule has 0 saturated carbocycles. The lowest BCUT2D eigenvalue weighted by molar-refractivity contribution is -0.139. The average Bonchev–Trinajstić information content (AvgIpc) is 2.83. The fourth-order valence-electron chi connectivity index (χ4n) is 2.90. The lowest BCUT2D eigenvalue weighted by atomic mass is 10.1. The van der Waals surface area contributed by atoms with Crippen LogP contribution >= 0.6 is 0 Å². The van der Waals surface area contributed by atoms with Gasteiger partial charge in [0.2, 0.25) is 0 Å². The second kappa shape index (κ2) is 13.6. The molecule has 2 rings (SSSR count). The van der Waals surface area contributed by atoms with Gasteiger partial charge in [0.05, 0.1) is 0 Å². The number of nitrogens with one attached hydrogen (secondary N) is 4. The van der Waals surface area contributed by atoms with Gasteiger partial charge >= 0.3 is 23.6 Å². The zero-order chi connectivity index (χ0) is 23.2. The molecular formula is C24H30N4O4. The normalized spacial score (nSPS) is 11.2. The highest BCUT2D eigenvalue weighted by Gasteiger charge is 2.15. The van der Waals surface area contributed by atoms with E-state index < -0.39 is 23.6 Å². The van der Waals surface area contributed by atoms with Crippen molar-refractivity contribution in [2.75, 3.05) is 13.1 Å². The molecule has 1 atom stereocenters. The zero-order valence-corrected chi connectivity index (χ0v) is 18.2. The molecule has 0 aliphatic rings. The number of hydrogen-bond donors (Lipinski definition) is 4. The van der Waals surface area contributed by atoms with Crippen LogP contribution in [0.25, 0.3) is 0 Å². The summed E-state index contributed by atoms with van der Waals surface area (Å²) >= 11 is 0. The summed E-state index contributed by atoms with van der Waals surface area (Å²) in [6.45, 7) is 3.23. The highest BCUT2D eigenvalue weighted by Crippen LogP contribution is 2.03. The molecule has 0 spiro atoms.